The van der Waals surface area contributed by atoms with Crippen molar-refractivity contribution in [3.63, 3.8) is 0 Å². The fraction of sp³-hybridized carbons (Fsp3) is 0.0714. The molecule has 0 radical (unpaired) electrons. The predicted octanol–water partition coefficient (Wildman–Crippen LogP) is 3.30. The molecule has 0 saturated heterocycles. The summed E-state index contributed by atoms with van der Waals surface area (Å²) in [5, 5.41) is 11.2. The van der Waals surface area contributed by atoms with Gasteiger partial charge in [-0.3, -0.25) is 9.36 Å². The first kappa shape index (κ1) is 12.9. The molecular weight excluding hydrogens is 294 g/mol. The van der Waals surface area contributed by atoms with Crippen molar-refractivity contribution < 1.29 is 0 Å². The molecule has 0 N–H and O–H groups in total. The molecule has 3 rings (SSSR count). The number of benzene rings is 1. The van der Waals surface area contributed by atoms with Crippen LogP contribution < -0.4 is 5.56 Å². The lowest BCUT2D eigenvalue weighted by Crippen LogP contribution is -2.18. The van der Waals surface area contributed by atoms with Crippen LogP contribution >= 0.6 is 22.9 Å². The summed E-state index contributed by atoms with van der Waals surface area (Å²) < 4.78 is 1.86. The summed E-state index contributed by atoms with van der Waals surface area (Å²) in [5.41, 5.74) is 2.27. The minimum atomic E-state index is -0.185. The molecule has 0 atom stereocenters. The third kappa shape index (κ3) is 2.09. The molecule has 20 heavy (non-hydrogen) atoms. The molecule has 0 amide bonds. The SMILES string of the molecule is N#CCn1cnc2c(-c3cccc(Cl)c3)csc2c1=O. The topological polar surface area (TPSA) is 58.7 Å². The van der Waals surface area contributed by atoms with Crippen LogP contribution in [0.4, 0.5) is 0 Å². The number of nitrogens with zero attached hydrogens (tertiary/aromatic N) is 3. The van der Waals surface area contributed by atoms with Gasteiger partial charge in [0.05, 0.1) is 17.9 Å². The Balaban J connectivity index is 2.23. The van der Waals surface area contributed by atoms with E-state index in [0.717, 1.165) is 11.1 Å². The van der Waals surface area contributed by atoms with E-state index in [2.05, 4.69) is 4.98 Å². The molecule has 3 aromatic rings. The zero-order valence-corrected chi connectivity index (χ0v) is 11.8. The third-order valence-electron chi connectivity index (χ3n) is 2.92. The highest BCUT2D eigenvalue weighted by Gasteiger charge is 2.12. The van der Waals surface area contributed by atoms with Gasteiger partial charge in [0, 0.05) is 16.0 Å². The van der Waals surface area contributed by atoms with Gasteiger partial charge in [0.1, 0.15) is 11.2 Å². The van der Waals surface area contributed by atoms with Crippen LogP contribution in [0.5, 0.6) is 0 Å². The number of thiophene rings is 1. The fourth-order valence-electron chi connectivity index (χ4n) is 1.99. The molecule has 0 saturated carbocycles. The number of fused-ring (bicyclic) bond motifs is 1. The molecule has 2 aromatic heterocycles. The van der Waals surface area contributed by atoms with Crippen molar-refractivity contribution in [1.29, 1.82) is 5.26 Å². The van der Waals surface area contributed by atoms with E-state index < -0.39 is 0 Å². The van der Waals surface area contributed by atoms with Gasteiger partial charge in [0.15, 0.2) is 0 Å². The average Bonchev–Trinajstić information content (AvgIpc) is 2.87. The van der Waals surface area contributed by atoms with Gasteiger partial charge in [-0.05, 0) is 17.7 Å². The molecule has 2 heterocycles. The maximum Gasteiger partial charge on any atom is 0.272 e. The second kappa shape index (κ2) is 5.08. The number of hydrogen-bond donors (Lipinski definition) is 0. The number of hydrogen-bond acceptors (Lipinski definition) is 4. The zero-order chi connectivity index (χ0) is 14.1. The third-order valence-corrected chi connectivity index (χ3v) is 4.12. The van der Waals surface area contributed by atoms with Crippen LogP contribution in [0.1, 0.15) is 0 Å². The lowest BCUT2D eigenvalue weighted by molar-refractivity contribution is 0.777. The molecule has 1 aromatic carbocycles. The molecule has 6 heteroatoms. The second-order valence-corrected chi connectivity index (χ2v) is 5.49. The first-order valence-corrected chi connectivity index (χ1v) is 7.06. The number of rotatable bonds is 2. The van der Waals surface area contributed by atoms with Crippen LogP contribution in [-0.2, 0) is 6.54 Å². The van der Waals surface area contributed by atoms with Crippen molar-refractivity contribution in [2.24, 2.45) is 0 Å². The Morgan fingerprint density at radius 3 is 3.05 bits per heavy atom. The van der Waals surface area contributed by atoms with Gasteiger partial charge >= 0.3 is 0 Å². The highest BCUT2D eigenvalue weighted by Crippen LogP contribution is 2.31. The summed E-state index contributed by atoms with van der Waals surface area (Å²) in [6.07, 6.45) is 1.41. The molecular formula is C14H8ClN3OS. The van der Waals surface area contributed by atoms with Crippen molar-refractivity contribution in [2.45, 2.75) is 6.54 Å². The molecule has 0 aliphatic rings. The van der Waals surface area contributed by atoms with Crippen molar-refractivity contribution in [3.05, 3.63) is 51.3 Å². The summed E-state index contributed by atoms with van der Waals surface area (Å²) in [6, 6.07) is 9.37. The molecule has 0 aliphatic heterocycles. The van der Waals surface area contributed by atoms with Crippen molar-refractivity contribution in [3.8, 4) is 17.2 Å². The molecule has 4 nitrogen and oxygen atoms in total. The van der Waals surface area contributed by atoms with Gasteiger partial charge in [0.2, 0.25) is 0 Å². The fourth-order valence-corrected chi connectivity index (χ4v) is 3.16. The largest absolute Gasteiger partial charge is 0.284 e. The Kier molecular flexibility index (Phi) is 3.26. The van der Waals surface area contributed by atoms with E-state index in [-0.39, 0.29) is 12.1 Å². The smallest absolute Gasteiger partial charge is 0.272 e. The molecule has 0 fully saturated rings. The van der Waals surface area contributed by atoms with Crippen LogP contribution in [0, 0.1) is 11.3 Å². The van der Waals surface area contributed by atoms with Gasteiger partial charge in [0.25, 0.3) is 5.56 Å². The van der Waals surface area contributed by atoms with Gasteiger partial charge in [-0.15, -0.1) is 11.3 Å². The highest BCUT2D eigenvalue weighted by atomic mass is 35.5. The van der Waals surface area contributed by atoms with E-state index in [1.807, 2.05) is 29.6 Å². The summed E-state index contributed by atoms with van der Waals surface area (Å²) in [6.45, 7) is 0.00612. The molecule has 0 spiro atoms. The average molecular weight is 302 g/mol. The first-order valence-electron chi connectivity index (χ1n) is 5.80. The molecule has 0 aliphatic carbocycles. The van der Waals surface area contributed by atoms with E-state index in [9.17, 15) is 4.79 Å². The lowest BCUT2D eigenvalue weighted by atomic mass is 10.1. The Morgan fingerprint density at radius 1 is 1.45 bits per heavy atom. The lowest BCUT2D eigenvalue weighted by Gasteiger charge is -2.01. The van der Waals surface area contributed by atoms with Crippen molar-refractivity contribution >= 4 is 33.2 Å². The number of aromatic nitrogens is 2. The summed E-state index contributed by atoms with van der Waals surface area (Å²) in [4.78, 5) is 16.5. The van der Waals surface area contributed by atoms with Crippen LogP contribution in [-0.4, -0.2) is 9.55 Å². The Bertz CT molecular complexity index is 891. The molecule has 0 bridgehead atoms. The maximum atomic E-state index is 12.2. The number of halogens is 1. The first-order chi connectivity index (χ1) is 9.70. The standard InChI is InChI=1S/C14H8ClN3OS/c15-10-3-1-2-9(6-10)11-7-20-13-12(11)17-8-18(5-4-16)14(13)19/h1-3,6-8H,5H2. The maximum absolute atomic E-state index is 12.2. The number of nitriles is 1. The predicted molar refractivity (Wildman–Crippen MR) is 79.9 cm³/mol. The molecule has 0 unspecified atom stereocenters. The van der Waals surface area contributed by atoms with Gasteiger partial charge in [-0.25, -0.2) is 4.98 Å². The summed E-state index contributed by atoms with van der Waals surface area (Å²) >= 11 is 7.32. The van der Waals surface area contributed by atoms with Crippen molar-refractivity contribution in [2.75, 3.05) is 0 Å². The van der Waals surface area contributed by atoms with Crippen LogP contribution in [0.2, 0.25) is 5.02 Å². The van der Waals surface area contributed by atoms with Gasteiger partial charge < -0.3 is 0 Å². The summed E-state index contributed by atoms with van der Waals surface area (Å²) in [7, 11) is 0. The Hall–Kier alpha value is -2.16. The van der Waals surface area contributed by atoms with E-state index in [1.165, 1.54) is 22.2 Å². The Morgan fingerprint density at radius 2 is 2.30 bits per heavy atom. The zero-order valence-electron chi connectivity index (χ0n) is 10.2. The minimum Gasteiger partial charge on any atom is -0.284 e. The van der Waals surface area contributed by atoms with Crippen molar-refractivity contribution in [1.82, 2.24) is 9.55 Å². The normalized spacial score (nSPS) is 10.6. The van der Waals surface area contributed by atoms with E-state index >= 15 is 0 Å². The monoisotopic (exact) mass is 301 g/mol. The summed E-state index contributed by atoms with van der Waals surface area (Å²) in [5.74, 6) is 0. The van der Waals surface area contributed by atoms with E-state index in [4.69, 9.17) is 16.9 Å². The van der Waals surface area contributed by atoms with Crippen LogP contribution in [0.15, 0.2) is 40.8 Å². The highest BCUT2D eigenvalue weighted by molar-refractivity contribution is 7.17. The second-order valence-electron chi connectivity index (χ2n) is 4.17. The molecule has 98 valence electrons. The van der Waals surface area contributed by atoms with Crippen LogP contribution in [0.3, 0.4) is 0 Å². The van der Waals surface area contributed by atoms with Crippen LogP contribution in [0.25, 0.3) is 21.3 Å². The van der Waals surface area contributed by atoms with Gasteiger partial charge in [-0.2, -0.15) is 5.26 Å². The van der Waals surface area contributed by atoms with E-state index in [0.29, 0.717) is 15.2 Å². The Labute approximate surface area is 123 Å². The quantitative estimate of drug-likeness (QED) is 0.729. The van der Waals surface area contributed by atoms with Gasteiger partial charge in [-0.1, -0.05) is 23.7 Å². The van der Waals surface area contributed by atoms with E-state index in [1.54, 1.807) is 6.07 Å². The minimum absolute atomic E-state index is 0.00612.